The SMILES string of the molecule is COc1cc(C(C)=O)ccc1OCC(=O)OCC(=O)Nc1cc(Cl)ccc1Oc1ccc(C)cc1. The summed E-state index contributed by atoms with van der Waals surface area (Å²) in [5.41, 5.74) is 1.85. The number of nitrogens with one attached hydrogen (secondary N) is 1. The van der Waals surface area contributed by atoms with E-state index in [1.807, 2.05) is 19.1 Å². The summed E-state index contributed by atoms with van der Waals surface area (Å²) in [6, 6.07) is 16.8. The third kappa shape index (κ3) is 7.48. The van der Waals surface area contributed by atoms with Gasteiger partial charge in [-0.1, -0.05) is 29.3 Å². The monoisotopic (exact) mass is 497 g/mol. The summed E-state index contributed by atoms with van der Waals surface area (Å²) in [7, 11) is 1.42. The normalized spacial score (nSPS) is 10.3. The van der Waals surface area contributed by atoms with Gasteiger partial charge in [0.2, 0.25) is 0 Å². The van der Waals surface area contributed by atoms with Gasteiger partial charge in [-0.15, -0.1) is 0 Å². The molecule has 1 N–H and O–H groups in total. The Morgan fingerprint density at radius 3 is 2.29 bits per heavy atom. The fourth-order valence-corrected chi connectivity index (χ4v) is 3.11. The zero-order chi connectivity index (χ0) is 25.4. The zero-order valence-electron chi connectivity index (χ0n) is 19.4. The second-order valence-corrected chi connectivity index (χ2v) is 7.91. The second-order valence-electron chi connectivity index (χ2n) is 7.47. The molecule has 9 heteroatoms. The number of rotatable bonds is 10. The van der Waals surface area contributed by atoms with Crippen LogP contribution in [0.15, 0.2) is 60.7 Å². The number of carbonyl (C=O) groups excluding carboxylic acids is 3. The van der Waals surface area contributed by atoms with E-state index >= 15 is 0 Å². The van der Waals surface area contributed by atoms with Crippen molar-refractivity contribution in [2.45, 2.75) is 13.8 Å². The van der Waals surface area contributed by atoms with Crippen LogP contribution < -0.4 is 19.5 Å². The van der Waals surface area contributed by atoms with E-state index in [2.05, 4.69) is 5.32 Å². The van der Waals surface area contributed by atoms with Gasteiger partial charge in [-0.05, 0) is 62.4 Å². The molecule has 0 heterocycles. The summed E-state index contributed by atoms with van der Waals surface area (Å²) in [5.74, 6) is 0.0393. The van der Waals surface area contributed by atoms with Crippen LogP contribution in [0.5, 0.6) is 23.0 Å². The number of carbonyl (C=O) groups is 3. The van der Waals surface area contributed by atoms with Crippen LogP contribution in [0, 0.1) is 6.92 Å². The van der Waals surface area contributed by atoms with Crippen molar-refractivity contribution in [3.63, 3.8) is 0 Å². The third-order valence-corrected chi connectivity index (χ3v) is 4.98. The van der Waals surface area contributed by atoms with E-state index in [0.717, 1.165) is 5.56 Å². The van der Waals surface area contributed by atoms with E-state index in [4.69, 9.17) is 30.5 Å². The Kier molecular flexibility index (Phi) is 8.69. The maximum Gasteiger partial charge on any atom is 0.344 e. The Morgan fingerprint density at radius 2 is 1.60 bits per heavy atom. The van der Waals surface area contributed by atoms with Crippen molar-refractivity contribution in [1.29, 1.82) is 0 Å². The van der Waals surface area contributed by atoms with Crippen molar-refractivity contribution >= 4 is 34.9 Å². The van der Waals surface area contributed by atoms with Crippen molar-refractivity contribution in [1.82, 2.24) is 0 Å². The van der Waals surface area contributed by atoms with Crippen molar-refractivity contribution < 1.29 is 33.3 Å². The molecule has 0 aromatic heterocycles. The maximum atomic E-state index is 12.4. The Balaban J connectivity index is 1.55. The van der Waals surface area contributed by atoms with Crippen LogP contribution in [0.2, 0.25) is 5.02 Å². The minimum Gasteiger partial charge on any atom is -0.493 e. The molecule has 0 aliphatic rings. The van der Waals surface area contributed by atoms with Gasteiger partial charge in [0, 0.05) is 10.6 Å². The van der Waals surface area contributed by atoms with Gasteiger partial charge in [0.15, 0.2) is 36.2 Å². The molecule has 0 bridgehead atoms. The number of methoxy groups -OCH3 is 1. The average Bonchev–Trinajstić information content (AvgIpc) is 2.84. The van der Waals surface area contributed by atoms with Crippen LogP contribution in [-0.2, 0) is 14.3 Å². The molecular weight excluding hydrogens is 474 g/mol. The Labute approximate surface area is 207 Å². The molecular formula is C26H24ClNO7. The van der Waals surface area contributed by atoms with Crippen molar-refractivity contribution in [3.05, 3.63) is 76.8 Å². The fraction of sp³-hybridized carbons (Fsp3) is 0.192. The number of amides is 1. The molecule has 8 nitrogen and oxygen atoms in total. The number of esters is 1. The van der Waals surface area contributed by atoms with Crippen LogP contribution in [0.25, 0.3) is 0 Å². The molecule has 3 aromatic carbocycles. The first-order valence-electron chi connectivity index (χ1n) is 10.6. The van der Waals surface area contributed by atoms with Crippen LogP contribution in [-0.4, -0.2) is 38.0 Å². The van der Waals surface area contributed by atoms with Gasteiger partial charge in [-0.25, -0.2) is 4.79 Å². The predicted molar refractivity (Wildman–Crippen MR) is 131 cm³/mol. The number of ketones is 1. The quantitative estimate of drug-likeness (QED) is 0.303. The largest absolute Gasteiger partial charge is 0.493 e. The first-order valence-corrected chi connectivity index (χ1v) is 10.9. The molecule has 35 heavy (non-hydrogen) atoms. The molecule has 0 fully saturated rings. The Bertz CT molecular complexity index is 1220. The highest BCUT2D eigenvalue weighted by atomic mass is 35.5. The van der Waals surface area contributed by atoms with E-state index < -0.39 is 25.1 Å². The molecule has 182 valence electrons. The smallest absolute Gasteiger partial charge is 0.344 e. The van der Waals surface area contributed by atoms with Gasteiger partial charge < -0.3 is 24.3 Å². The molecule has 1 amide bonds. The lowest BCUT2D eigenvalue weighted by molar-refractivity contribution is -0.149. The number of halogens is 1. The number of anilines is 1. The van der Waals surface area contributed by atoms with Crippen molar-refractivity contribution in [2.24, 2.45) is 0 Å². The summed E-state index contributed by atoms with van der Waals surface area (Å²) in [4.78, 5) is 35.9. The first-order chi connectivity index (χ1) is 16.7. The molecule has 3 rings (SSSR count). The van der Waals surface area contributed by atoms with Gasteiger partial charge in [0.1, 0.15) is 5.75 Å². The lowest BCUT2D eigenvalue weighted by atomic mass is 10.1. The van der Waals surface area contributed by atoms with Crippen LogP contribution in [0.1, 0.15) is 22.8 Å². The van der Waals surface area contributed by atoms with Gasteiger partial charge in [0.25, 0.3) is 5.91 Å². The van der Waals surface area contributed by atoms with Crippen LogP contribution in [0.3, 0.4) is 0 Å². The maximum absolute atomic E-state index is 12.4. The lowest BCUT2D eigenvalue weighted by Gasteiger charge is -2.13. The van der Waals surface area contributed by atoms with Gasteiger partial charge in [0.05, 0.1) is 12.8 Å². The Morgan fingerprint density at radius 1 is 0.886 bits per heavy atom. The van der Waals surface area contributed by atoms with Crippen LogP contribution in [0.4, 0.5) is 5.69 Å². The molecule has 0 aliphatic heterocycles. The topological polar surface area (TPSA) is 100 Å². The van der Waals surface area contributed by atoms with Crippen molar-refractivity contribution in [3.8, 4) is 23.0 Å². The highest BCUT2D eigenvalue weighted by molar-refractivity contribution is 6.31. The molecule has 0 unspecified atom stereocenters. The van der Waals surface area contributed by atoms with Gasteiger partial charge in [-0.3, -0.25) is 9.59 Å². The van der Waals surface area contributed by atoms with Crippen molar-refractivity contribution in [2.75, 3.05) is 25.6 Å². The van der Waals surface area contributed by atoms with Gasteiger partial charge in [-0.2, -0.15) is 0 Å². The number of Topliss-reactive ketones (excluding diaryl/α,β-unsaturated/α-hetero) is 1. The predicted octanol–water partition coefficient (Wildman–Crippen LogP) is 5.21. The molecule has 0 aliphatic carbocycles. The number of benzene rings is 3. The molecule has 0 saturated carbocycles. The van der Waals surface area contributed by atoms with E-state index in [1.54, 1.807) is 30.3 Å². The highest BCUT2D eigenvalue weighted by Gasteiger charge is 2.14. The number of hydrogen-bond acceptors (Lipinski definition) is 7. The number of hydrogen-bond donors (Lipinski definition) is 1. The first kappa shape index (κ1) is 25.6. The Hall–Kier alpha value is -4.04. The van der Waals surface area contributed by atoms with E-state index in [0.29, 0.717) is 33.5 Å². The minimum atomic E-state index is -0.764. The summed E-state index contributed by atoms with van der Waals surface area (Å²) in [6.07, 6.45) is 0. The molecule has 0 saturated heterocycles. The van der Waals surface area contributed by atoms with E-state index in [1.165, 1.54) is 32.2 Å². The molecule has 0 radical (unpaired) electrons. The molecule has 0 spiro atoms. The number of aryl methyl sites for hydroxylation is 1. The highest BCUT2D eigenvalue weighted by Crippen LogP contribution is 2.32. The van der Waals surface area contributed by atoms with E-state index in [9.17, 15) is 14.4 Å². The summed E-state index contributed by atoms with van der Waals surface area (Å²) < 4.78 is 21.4. The molecule has 3 aromatic rings. The van der Waals surface area contributed by atoms with Crippen LogP contribution >= 0.6 is 11.6 Å². The minimum absolute atomic E-state index is 0.132. The lowest BCUT2D eigenvalue weighted by Crippen LogP contribution is -2.24. The number of ether oxygens (including phenoxy) is 4. The standard InChI is InChI=1S/C26H24ClNO7/c1-16-4-8-20(9-5-16)35-22-11-7-19(27)13-21(22)28-25(30)14-34-26(31)15-33-23-10-6-18(17(2)29)12-24(23)32-3/h4-13H,14-15H2,1-3H3,(H,28,30). The summed E-state index contributed by atoms with van der Waals surface area (Å²) in [6.45, 7) is 2.39. The van der Waals surface area contributed by atoms with Gasteiger partial charge >= 0.3 is 5.97 Å². The average molecular weight is 498 g/mol. The third-order valence-electron chi connectivity index (χ3n) is 4.74. The summed E-state index contributed by atoms with van der Waals surface area (Å²) in [5, 5.41) is 3.02. The summed E-state index contributed by atoms with van der Waals surface area (Å²) >= 11 is 6.07. The van der Waals surface area contributed by atoms with E-state index in [-0.39, 0.29) is 11.5 Å². The second kappa shape index (κ2) is 11.9. The molecule has 0 atom stereocenters. The zero-order valence-corrected chi connectivity index (χ0v) is 20.2. The fourth-order valence-electron chi connectivity index (χ4n) is 2.94.